The third-order valence-electron chi connectivity index (χ3n) is 7.25. The van der Waals surface area contributed by atoms with Crippen molar-refractivity contribution < 1.29 is 14.6 Å². The second-order valence-corrected chi connectivity index (χ2v) is 9.56. The molecule has 0 aliphatic carbocycles. The van der Waals surface area contributed by atoms with Gasteiger partial charge in [0.15, 0.2) is 0 Å². The van der Waals surface area contributed by atoms with Crippen LogP contribution in [0.1, 0.15) is 28.7 Å². The molecular formula is C29H36N4O3. The number of phenols is 1. The number of nitrogens with one attached hydrogen (secondary N) is 2. The van der Waals surface area contributed by atoms with E-state index in [0.717, 1.165) is 57.1 Å². The second-order valence-electron chi connectivity index (χ2n) is 9.56. The first-order valence-corrected chi connectivity index (χ1v) is 12.8. The molecule has 2 aliphatic heterocycles. The van der Waals surface area contributed by atoms with Gasteiger partial charge in [-0.15, -0.1) is 0 Å². The smallest absolute Gasteiger partial charge is 0.124 e. The fourth-order valence-electron chi connectivity index (χ4n) is 5.13. The maximum absolute atomic E-state index is 10.8. The molecule has 2 saturated heterocycles. The van der Waals surface area contributed by atoms with E-state index in [4.69, 9.17) is 9.47 Å². The van der Waals surface area contributed by atoms with Gasteiger partial charge in [0.05, 0.1) is 13.2 Å². The quantitative estimate of drug-likeness (QED) is 0.426. The van der Waals surface area contributed by atoms with Crippen LogP contribution in [0.15, 0.2) is 72.8 Å². The van der Waals surface area contributed by atoms with Crippen LogP contribution in [0.4, 0.5) is 0 Å². The van der Waals surface area contributed by atoms with Crippen molar-refractivity contribution in [2.75, 3.05) is 53.0 Å². The lowest BCUT2D eigenvalue weighted by atomic mass is 9.88. The molecule has 0 spiro atoms. The first-order valence-electron chi connectivity index (χ1n) is 12.8. The Bertz CT molecular complexity index is 1100. The minimum atomic E-state index is -0.0281. The molecule has 0 amide bonds. The molecule has 7 nitrogen and oxygen atoms in total. The van der Waals surface area contributed by atoms with E-state index < -0.39 is 0 Å². The average molecular weight is 489 g/mol. The molecule has 0 saturated carbocycles. The molecular weight excluding hydrogens is 452 g/mol. The van der Waals surface area contributed by atoms with Crippen molar-refractivity contribution in [2.24, 2.45) is 0 Å². The SMILES string of the molecule is COc1ccc(C2CNNC2c2ccc(OCCN3CCN(Cc4ccccc4)CC3)cc2O)cc1. The number of nitrogens with zero attached hydrogens (tertiary/aromatic N) is 2. The summed E-state index contributed by atoms with van der Waals surface area (Å²) < 4.78 is 11.3. The monoisotopic (exact) mass is 488 g/mol. The number of aromatic hydroxyl groups is 1. The normalized spacial score (nSPS) is 20.9. The minimum Gasteiger partial charge on any atom is -0.507 e. The Morgan fingerprint density at radius 3 is 2.33 bits per heavy atom. The molecule has 2 fully saturated rings. The summed E-state index contributed by atoms with van der Waals surface area (Å²) in [6.07, 6.45) is 0. The Labute approximate surface area is 213 Å². The van der Waals surface area contributed by atoms with Gasteiger partial charge in [0.25, 0.3) is 0 Å². The van der Waals surface area contributed by atoms with Crippen molar-refractivity contribution in [3.05, 3.63) is 89.5 Å². The highest BCUT2D eigenvalue weighted by Crippen LogP contribution is 2.39. The molecule has 3 aromatic carbocycles. The number of ether oxygens (including phenoxy) is 2. The number of hydrazine groups is 1. The summed E-state index contributed by atoms with van der Waals surface area (Å²) in [7, 11) is 1.67. The van der Waals surface area contributed by atoms with Crippen LogP contribution in [-0.2, 0) is 6.54 Å². The van der Waals surface area contributed by atoms with Crippen molar-refractivity contribution in [3.8, 4) is 17.2 Å². The van der Waals surface area contributed by atoms with Gasteiger partial charge < -0.3 is 14.6 Å². The van der Waals surface area contributed by atoms with Crippen molar-refractivity contribution in [1.82, 2.24) is 20.7 Å². The van der Waals surface area contributed by atoms with Crippen LogP contribution in [0, 0.1) is 0 Å². The van der Waals surface area contributed by atoms with Gasteiger partial charge >= 0.3 is 0 Å². The van der Waals surface area contributed by atoms with Gasteiger partial charge in [0, 0.05) is 63.4 Å². The molecule has 0 bridgehead atoms. The summed E-state index contributed by atoms with van der Waals surface area (Å²) in [5.41, 5.74) is 10.00. The average Bonchev–Trinajstić information content (AvgIpc) is 3.40. The lowest BCUT2D eigenvalue weighted by molar-refractivity contribution is 0.112. The molecule has 3 N–H and O–H groups in total. The van der Waals surface area contributed by atoms with E-state index in [1.54, 1.807) is 13.2 Å². The fraction of sp³-hybridized carbons (Fsp3) is 0.379. The Kier molecular flexibility index (Phi) is 8.03. The number of hydrogen-bond donors (Lipinski definition) is 3. The minimum absolute atomic E-state index is 0.0281. The summed E-state index contributed by atoms with van der Waals surface area (Å²) >= 11 is 0. The number of piperazine rings is 1. The van der Waals surface area contributed by atoms with Crippen LogP contribution in [0.5, 0.6) is 17.2 Å². The third-order valence-corrected chi connectivity index (χ3v) is 7.25. The number of hydrogen-bond acceptors (Lipinski definition) is 7. The molecule has 5 rings (SSSR count). The lowest BCUT2D eigenvalue weighted by Gasteiger charge is -2.34. The van der Waals surface area contributed by atoms with E-state index >= 15 is 0 Å². The summed E-state index contributed by atoms with van der Waals surface area (Å²) in [5.74, 6) is 1.99. The van der Waals surface area contributed by atoms with Gasteiger partial charge in [-0.3, -0.25) is 15.2 Å². The Morgan fingerprint density at radius 1 is 0.889 bits per heavy atom. The first kappa shape index (κ1) is 24.6. The Balaban J connectivity index is 1.10. The van der Waals surface area contributed by atoms with Gasteiger partial charge in [0.1, 0.15) is 23.9 Å². The summed E-state index contributed by atoms with van der Waals surface area (Å²) in [5, 5.41) is 10.8. The van der Waals surface area contributed by atoms with E-state index in [1.807, 2.05) is 24.3 Å². The van der Waals surface area contributed by atoms with Crippen LogP contribution >= 0.6 is 0 Å². The van der Waals surface area contributed by atoms with E-state index in [9.17, 15) is 5.11 Å². The first-order chi connectivity index (χ1) is 17.7. The maximum atomic E-state index is 10.8. The summed E-state index contributed by atoms with van der Waals surface area (Å²) in [4.78, 5) is 4.96. The number of methoxy groups -OCH3 is 1. The van der Waals surface area contributed by atoms with Gasteiger partial charge in [-0.1, -0.05) is 48.5 Å². The number of rotatable bonds is 9. The van der Waals surface area contributed by atoms with Crippen LogP contribution in [-0.4, -0.2) is 67.9 Å². The van der Waals surface area contributed by atoms with Crippen LogP contribution in [0.2, 0.25) is 0 Å². The van der Waals surface area contributed by atoms with E-state index in [0.29, 0.717) is 12.4 Å². The van der Waals surface area contributed by atoms with Gasteiger partial charge in [-0.25, -0.2) is 5.43 Å². The van der Waals surface area contributed by atoms with Gasteiger partial charge in [-0.2, -0.15) is 0 Å². The largest absolute Gasteiger partial charge is 0.507 e. The topological polar surface area (TPSA) is 69.2 Å². The molecule has 2 unspecified atom stereocenters. The third kappa shape index (κ3) is 5.99. The molecule has 7 heteroatoms. The van der Waals surface area contributed by atoms with Crippen LogP contribution < -0.4 is 20.3 Å². The molecule has 0 aromatic heterocycles. The van der Waals surface area contributed by atoms with Crippen LogP contribution in [0.25, 0.3) is 0 Å². The molecule has 2 heterocycles. The molecule has 0 radical (unpaired) electrons. The highest BCUT2D eigenvalue weighted by molar-refractivity contribution is 5.44. The molecule has 36 heavy (non-hydrogen) atoms. The zero-order valence-corrected chi connectivity index (χ0v) is 20.9. The zero-order valence-electron chi connectivity index (χ0n) is 20.9. The molecule has 190 valence electrons. The second kappa shape index (κ2) is 11.8. The Morgan fingerprint density at radius 2 is 1.61 bits per heavy atom. The maximum Gasteiger partial charge on any atom is 0.124 e. The van der Waals surface area contributed by atoms with Crippen molar-refractivity contribution >= 4 is 0 Å². The van der Waals surface area contributed by atoms with E-state index in [-0.39, 0.29) is 17.7 Å². The molecule has 2 aliphatic rings. The van der Waals surface area contributed by atoms with Gasteiger partial charge in [0.2, 0.25) is 0 Å². The fourth-order valence-corrected chi connectivity index (χ4v) is 5.13. The molecule has 3 aromatic rings. The highest BCUT2D eigenvalue weighted by atomic mass is 16.5. The van der Waals surface area contributed by atoms with Crippen molar-refractivity contribution in [1.29, 1.82) is 0 Å². The number of phenolic OH excluding ortho intramolecular Hbond substituents is 1. The van der Waals surface area contributed by atoms with E-state index in [1.165, 1.54) is 11.1 Å². The predicted octanol–water partition coefficient (Wildman–Crippen LogP) is 3.53. The Hall–Kier alpha value is -3.10. The highest BCUT2D eigenvalue weighted by Gasteiger charge is 2.31. The number of benzene rings is 3. The van der Waals surface area contributed by atoms with Gasteiger partial charge in [-0.05, 0) is 29.3 Å². The summed E-state index contributed by atoms with van der Waals surface area (Å²) in [6.45, 7) is 7.53. The predicted molar refractivity (Wildman–Crippen MR) is 141 cm³/mol. The van der Waals surface area contributed by atoms with Crippen molar-refractivity contribution in [3.63, 3.8) is 0 Å². The standard InChI is InChI=1S/C29H36N4O3/c1-35-24-9-7-23(8-10-24)27-20-30-31-29(27)26-12-11-25(19-28(26)34)36-18-17-32-13-15-33(16-14-32)21-22-5-3-2-4-6-22/h2-12,19,27,29-31,34H,13-18,20-21H2,1H3. The van der Waals surface area contributed by atoms with Crippen LogP contribution in [0.3, 0.4) is 0 Å². The zero-order chi connectivity index (χ0) is 24.7. The molecule has 2 atom stereocenters. The van der Waals surface area contributed by atoms with E-state index in [2.05, 4.69) is 63.1 Å². The lowest BCUT2D eigenvalue weighted by Crippen LogP contribution is -2.47. The van der Waals surface area contributed by atoms with Crippen molar-refractivity contribution in [2.45, 2.75) is 18.5 Å². The summed E-state index contributed by atoms with van der Waals surface area (Å²) in [6, 6.07) is 24.4.